The maximum atomic E-state index is 11.9. The molecule has 0 saturated carbocycles. The molecule has 31 heavy (non-hydrogen) atoms. The second-order valence-corrected chi connectivity index (χ2v) is 7.95. The molecule has 0 aromatic heterocycles. The van der Waals surface area contributed by atoms with Crippen LogP contribution in [0.4, 0.5) is 11.4 Å². The SMILES string of the molecule is CCNC(=NCc1ccc(N2CCCC2=O)cc1)N1CCN(c2ccccc2O)CC1. The topological polar surface area (TPSA) is 71.4 Å². The summed E-state index contributed by atoms with van der Waals surface area (Å²) in [5.41, 5.74) is 2.99. The summed E-state index contributed by atoms with van der Waals surface area (Å²) in [6.45, 7) is 7.65. The van der Waals surface area contributed by atoms with E-state index in [-0.39, 0.29) is 5.91 Å². The number of hydrogen-bond acceptors (Lipinski definition) is 4. The van der Waals surface area contributed by atoms with Crippen LogP contribution < -0.4 is 15.1 Å². The van der Waals surface area contributed by atoms with Crippen molar-refractivity contribution in [1.82, 2.24) is 10.2 Å². The lowest BCUT2D eigenvalue weighted by Gasteiger charge is -2.37. The van der Waals surface area contributed by atoms with E-state index in [0.29, 0.717) is 18.7 Å². The molecule has 164 valence electrons. The second kappa shape index (κ2) is 9.73. The molecule has 7 nitrogen and oxygen atoms in total. The number of amides is 1. The van der Waals surface area contributed by atoms with Gasteiger partial charge in [0.1, 0.15) is 5.75 Å². The van der Waals surface area contributed by atoms with Gasteiger partial charge in [0.2, 0.25) is 5.91 Å². The number of para-hydroxylation sites is 2. The van der Waals surface area contributed by atoms with Crippen LogP contribution in [0.3, 0.4) is 0 Å². The van der Waals surface area contributed by atoms with Crippen molar-refractivity contribution in [2.45, 2.75) is 26.3 Å². The van der Waals surface area contributed by atoms with Crippen LogP contribution >= 0.6 is 0 Å². The Bertz CT molecular complexity index is 920. The first-order valence-corrected chi connectivity index (χ1v) is 11.1. The van der Waals surface area contributed by atoms with E-state index in [1.807, 2.05) is 35.2 Å². The van der Waals surface area contributed by atoms with Gasteiger partial charge in [0, 0.05) is 51.4 Å². The summed E-state index contributed by atoms with van der Waals surface area (Å²) in [6.07, 6.45) is 1.59. The van der Waals surface area contributed by atoms with Crippen LogP contribution in [0.1, 0.15) is 25.3 Å². The van der Waals surface area contributed by atoms with Crippen LogP contribution in [0, 0.1) is 0 Å². The number of anilines is 2. The fourth-order valence-corrected chi connectivity index (χ4v) is 4.19. The first-order valence-electron chi connectivity index (χ1n) is 11.1. The van der Waals surface area contributed by atoms with Gasteiger partial charge in [-0.05, 0) is 43.2 Å². The van der Waals surface area contributed by atoms with E-state index in [1.54, 1.807) is 6.07 Å². The minimum atomic E-state index is 0.211. The molecule has 2 aliphatic heterocycles. The van der Waals surface area contributed by atoms with Crippen molar-refractivity contribution in [1.29, 1.82) is 0 Å². The van der Waals surface area contributed by atoms with E-state index in [1.165, 1.54) is 0 Å². The van der Waals surface area contributed by atoms with Gasteiger partial charge >= 0.3 is 0 Å². The maximum absolute atomic E-state index is 11.9. The third-order valence-electron chi connectivity index (χ3n) is 5.87. The zero-order chi connectivity index (χ0) is 21.6. The van der Waals surface area contributed by atoms with Gasteiger partial charge < -0.3 is 25.1 Å². The maximum Gasteiger partial charge on any atom is 0.227 e. The first kappa shape index (κ1) is 21.0. The Labute approximate surface area is 184 Å². The molecular weight excluding hydrogens is 390 g/mol. The number of carbonyl (C=O) groups is 1. The lowest BCUT2D eigenvalue weighted by Crippen LogP contribution is -2.52. The average molecular weight is 422 g/mol. The number of aromatic hydroxyl groups is 1. The van der Waals surface area contributed by atoms with Crippen molar-refractivity contribution in [3.05, 3.63) is 54.1 Å². The molecule has 2 heterocycles. The van der Waals surface area contributed by atoms with E-state index in [4.69, 9.17) is 4.99 Å². The summed E-state index contributed by atoms with van der Waals surface area (Å²) in [5.74, 6) is 1.46. The third kappa shape index (κ3) is 4.93. The lowest BCUT2D eigenvalue weighted by molar-refractivity contribution is -0.117. The van der Waals surface area contributed by atoms with Crippen LogP contribution in [0.15, 0.2) is 53.5 Å². The number of hydrogen-bond donors (Lipinski definition) is 2. The number of phenolic OH excluding ortho intramolecular Hbond substituents is 1. The minimum absolute atomic E-state index is 0.211. The molecule has 0 unspecified atom stereocenters. The van der Waals surface area contributed by atoms with Crippen LogP contribution in [0.25, 0.3) is 0 Å². The van der Waals surface area contributed by atoms with Crippen LogP contribution in [0.2, 0.25) is 0 Å². The number of aliphatic imine (C=N–C) groups is 1. The molecule has 1 amide bonds. The Morgan fingerprint density at radius 3 is 2.42 bits per heavy atom. The van der Waals surface area contributed by atoms with Crippen molar-refractivity contribution in [3.63, 3.8) is 0 Å². The number of phenols is 1. The van der Waals surface area contributed by atoms with Gasteiger partial charge in [-0.1, -0.05) is 24.3 Å². The zero-order valence-corrected chi connectivity index (χ0v) is 18.1. The molecule has 2 aromatic rings. The van der Waals surface area contributed by atoms with Crippen LogP contribution in [0.5, 0.6) is 5.75 Å². The summed E-state index contributed by atoms with van der Waals surface area (Å²) in [6, 6.07) is 15.7. The Hall–Kier alpha value is -3.22. The number of nitrogens with one attached hydrogen (secondary N) is 1. The van der Waals surface area contributed by atoms with Gasteiger partial charge in [-0.3, -0.25) is 4.79 Å². The molecule has 2 fully saturated rings. The van der Waals surface area contributed by atoms with Crippen LogP contribution in [-0.4, -0.2) is 61.1 Å². The van der Waals surface area contributed by atoms with Gasteiger partial charge in [-0.25, -0.2) is 4.99 Å². The van der Waals surface area contributed by atoms with Gasteiger partial charge in [0.15, 0.2) is 5.96 Å². The second-order valence-electron chi connectivity index (χ2n) is 7.95. The molecule has 0 bridgehead atoms. The monoisotopic (exact) mass is 421 g/mol. The third-order valence-corrected chi connectivity index (χ3v) is 5.87. The molecule has 0 aliphatic carbocycles. The number of carbonyl (C=O) groups excluding carboxylic acids is 1. The van der Waals surface area contributed by atoms with E-state index >= 15 is 0 Å². The minimum Gasteiger partial charge on any atom is -0.506 e. The Morgan fingerprint density at radius 2 is 1.77 bits per heavy atom. The molecule has 0 radical (unpaired) electrons. The highest BCUT2D eigenvalue weighted by Gasteiger charge is 2.22. The zero-order valence-electron chi connectivity index (χ0n) is 18.1. The van der Waals surface area contributed by atoms with Crippen molar-refractivity contribution in [2.75, 3.05) is 49.1 Å². The van der Waals surface area contributed by atoms with Crippen molar-refractivity contribution in [2.24, 2.45) is 4.99 Å². The van der Waals surface area contributed by atoms with Gasteiger partial charge in [0.05, 0.1) is 12.2 Å². The molecule has 2 aliphatic rings. The van der Waals surface area contributed by atoms with E-state index in [0.717, 1.165) is 68.6 Å². The lowest BCUT2D eigenvalue weighted by atomic mass is 10.2. The van der Waals surface area contributed by atoms with Crippen molar-refractivity contribution in [3.8, 4) is 5.75 Å². The summed E-state index contributed by atoms with van der Waals surface area (Å²) < 4.78 is 0. The molecule has 4 rings (SSSR count). The fourth-order valence-electron chi connectivity index (χ4n) is 4.19. The predicted molar refractivity (Wildman–Crippen MR) is 125 cm³/mol. The number of nitrogens with zero attached hydrogens (tertiary/aromatic N) is 4. The smallest absolute Gasteiger partial charge is 0.227 e. The Balaban J connectivity index is 1.37. The first-order chi connectivity index (χ1) is 15.2. The number of rotatable bonds is 5. The molecular formula is C24H31N5O2. The summed E-state index contributed by atoms with van der Waals surface area (Å²) in [5, 5.41) is 13.5. The predicted octanol–water partition coefficient (Wildman–Crippen LogP) is 2.81. The number of piperazine rings is 1. The van der Waals surface area contributed by atoms with Crippen LogP contribution in [-0.2, 0) is 11.3 Å². The van der Waals surface area contributed by atoms with Gasteiger partial charge in [-0.15, -0.1) is 0 Å². The largest absolute Gasteiger partial charge is 0.506 e. The summed E-state index contributed by atoms with van der Waals surface area (Å²) in [7, 11) is 0. The highest BCUT2D eigenvalue weighted by atomic mass is 16.3. The molecule has 0 atom stereocenters. The summed E-state index contributed by atoms with van der Waals surface area (Å²) >= 11 is 0. The fraction of sp³-hybridized carbons (Fsp3) is 0.417. The molecule has 0 spiro atoms. The quantitative estimate of drug-likeness (QED) is 0.574. The average Bonchev–Trinajstić information content (AvgIpc) is 3.23. The number of benzene rings is 2. The number of guanidine groups is 1. The van der Waals surface area contributed by atoms with Crippen molar-refractivity contribution < 1.29 is 9.90 Å². The van der Waals surface area contributed by atoms with Crippen molar-refractivity contribution >= 4 is 23.2 Å². The molecule has 2 aromatic carbocycles. The Morgan fingerprint density at radius 1 is 1.03 bits per heavy atom. The normalized spacial score (nSPS) is 17.4. The Kier molecular flexibility index (Phi) is 6.60. The molecule has 2 saturated heterocycles. The summed E-state index contributed by atoms with van der Waals surface area (Å²) in [4.78, 5) is 23.1. The van der Waals surface area contributed by atoms with E-state index in [9.17, 15) is 9.90 Å². The van der Waals surface area contributed by atoms with E-state index < -0.39 is 0 Å². The highest BCUT2D eigenvalue weighted by molar-refractivity contribution is 5.95. The molecule has 7 heteroatoms. The standard InChI is InChI=1S/C24H31N5O2/c1-2-25-24(28-16-14-27(15-17-28)21-6-3-4-7-22(21)30)26-18-19-9-11-20(12-10-19)29-13-5-8-23(29)31/h3-4,6-7,9-12,30H,2,5,8,13-18H2,1H3,(H,25,26). The molecule has 2 N–H and O–H groups in total. The van der Waals surface area contributed by atoms with Gasteiger partial charge in [-0.2, -0.15) is 0 Å². The van der Waals surface area contributed by atoms with E-state index in [2.05, 4.69) is 34.2 Å². The highest BCUT2D eigenvalue weighted by Crippen LogP contribution is 2.27. The van der Waals surface area contributed by atoms with Gasteiger partial charge in [0.25, 0.3) is 0 Å².